The zero-order chi connectivity index (χ0) is 17.9. The number of hydrogen-bond acceptors (Lipinski definition) is 6. The fourth-order valence-electron chi connectivity index (χ4n) is 3.51. The van der Waals surface area contributed by atoms with Gasteiger partial charge in [0.2, 0.25) is 0 Å². The van der Waals surface area contributed by atoms with Crippen molar-refractivity contribution < 1.29 is 9.84 Å². The molecular weight excluding hydrogens is 352 g/mol. The molecule has 0 bridgehead atoms. The summed E-state index contributed by atoms with van der Waals surface area (Å²) >= 11 is 5.99. The summed E-state index contributed by atoms with van der Waals surface area (Å²) in [6.07, 6.45) is 3.02. The Morgan fingerprint density at radius 3 is 2.42 bits per heavy atom. The number of nitrogens with zero attached hydrogens (tertiary/aromatic N) is 4. The van der Waals surface area contributed by atoms with Crippen LogP contribution in [-0.2, 0) is 4.74 Å². The van der Waals surface area contributed by atoms with Crippen LogP contribution in [0.25, 0.3) is 0 Å². The van der Waals surface area contributed by atoms with Crippen molar-refractivity contribution in [1.82, 2.24) is 9.97 Å². The molecule has 2 aromatic rings. The zero-order valence-electron chi connectivity index (χ0n) is 14.6. The monoisotopic (exact) mass is 374 g/mol. The molecule has 0 unspecified atom stereocenters. The maximum atomic E-state index is 9.70. The third-order valence-electron chi connectivity index (χ3n) is 5.06. The second kappa shape index (κ2) is 7.78. The van der Waals surface area contributed by atoms with Gasteiger partial charge in [-0.1, -0.05) is 23.7 Å². The minimum Gasteiger partial charge on any atom is -0.393 e. The fourth-order valence-corrected chi connectivity index (χ4v) is 3.64. The number of anilines is 2. The Labute approximate surface area is 158 Å². The lowest BCUT2D eigenvalue weighted by Crippen LogP contribution is -2.39. The molecule has 7 heteroatoms. The number of halogens is 1. The molecule has 4 rings (SSSR count). The van der Waals surface area contributed by atoms with Crippen molar-refractivity contribution in [3.05, 3.63) is 47.2 Å². The van der Waals surface area contributed by atoms with Gasteiger partial charge < -0.3 is 19.6 Å². The van der Waals surface area contributed by atoms with E-state index < -0.39 is 0 Å². The number of morpholine rings is 1. The van der Waals surface area contributed by atoms with Crippen LogP contribution >= 0.6 is 11.6 Å². The molecule has 6 nitrogen and oxygen atoms in total. The molecule has 3 heterocycles. The van der Waals surface area contributed by atoms with Crippen LogP contribution in [0.15, 0.2) is 36.7 Å². The average Bonchev–Trinajstić information content (AvgIpc) is 2.69. The van der Waals surface area contributed by atoms with Gasteiger partial charge in [0.25, 0.3) is 0 Å². The van der Waals surface area contributed by atoms with E-state index in [1.54, 1.807) is 6.33 Å². The highest BCUT2D eigenvalue weighted by atomic mass is 35.5. The predicted molar refractivity (Wildman–Crippen MR) is 102 cm³/mol. The lowest BCUT2D eigenvalue weighted by atomic mass is 10.1. The highest BCUT2D eigenvalue weighted by Gasteiger charge is 2.24. The Hall–Kier alpha value is -1.89. The predicted octanol–water partition coefficient (Wildman–Crippen LogP) is 2.67. The van der Waals surface area contributed by atoms with E-state index in [1.165, 1.54) is 0 Å². The lowest BCUT2D eigenvalue weighted by molar-refractivity contribution is 0.0395. The van der Waals surface area contributed by atoms with Gasteiger partial charge in [0.1, 0.15) is 24.1 Å². The van der Waals surface area contributed by atoms with E-state index in [2.05, 4.69) is 19.8 Å². The van der Waals surface area contributed by atoms with Crippen LogP contribution in [0, 0.1) is 0 Å². The molecule has 1 N–H and O–H groups in total. The quantitative estimate of drug-likeness (QED) is 0.891. The van der Waals surface area contributed by atoms with Crippen LogP contribution in [0.5, 0.6) is 0 Å². The number of aromatic nitrogens is 2. The second-order valence-electron chi connectivity index (χ2n) is 6.81. The van der Waals surface area contributed by atoms with Crippen molar-refractivity contribution in [1.29, 1.82) is 0 Å². The maximum Gasteiger partial charge on any atom is 0.134 e. The standard InChI is InChI=1S/C19H23ClN4O2/c20-15-3-1-14(2-4-15)17-12-24(9-10-26-17)19-11-18(21-13-22-19)23-7-5-16(25)6-8-23/h1-4,11,13,16-17,25H,5-10,12H2/t17-/m0/s1. The summed E-state index contributed by atoms with van der Waals surface area (Å²) < 4.78 is 5.95. The van der Waals surface area contributed by atoms with Gasteiger partial charge in [-0.3, -0.25) is 0 Å². The van der Waals surface area contributed by atoms with Crippen molar-refractivity contribution in [2.24, 2.45) is 0 Å². The summed E-state index contributed by atoms with van der Waals surface area (Å²) in [5.74, 6) is 1.85. The number of hydrogen-bond donors (Lipinski definition) is 1. The molecule has 138 valence electrons. The smallest absolute Gasteiger partial charge is 0.134 e. The molecule has 0 aliphatic carbocycles. The van der Waals surface area contributed by atoms with Gasteiger partial charge in [-0.15, -0.1) is 0 Å². The minimum absolute atomic E-state index is 0.00423. The molecule has 26 heavy (non-hydrogen) atoms. The van der Waals surface area contributed by atoms with Crippen LogP contribution in [0.4, 0.5) is 11.6 Å². The van der Waals surface area contributed by atoms with E-state index in [1.807, 2.05) is 30.3 Å². The first kappa shape index (κ1) is 17.5. The highest BCUT2D eigenvalue weighted by Crippen LogP contribution is 2.28. The Bertz CT molecular complexity index is 735. The molecule has 2 fully saturated rings. The van der Waals surface area contributed by atoms with Gasteiger partial charge in [-0.25, -0.2) is 9.97 Å². The van der Waals surface area contributed by atoms with Gasteiger partial charge in [-0.05, 0) is 30.5 Å². The summed E-state index contributed by atoms with van der Waals surface area (Å²) in [6.45, 7) is 3.86. The maximum absolute atomic E-state index is 9.70. The van der Waals surface area contributed by atoms with Crippen molar-refractivity contribution in [2.45, 2.75) is 25.0 Å². The summed E-state index contributed by atoms with van der Waals surface area (Å²) in [5, 5.41) is 10.4. The number of ether oxygens (including phenoxy) is 1. The lowest BCUT2D eigenvalue weighted by Gasteiger charge is -2.35. The highest BCUT2D eigenvalue weighted by molar-refractivity contribution is 6.30. The molecule has 2 aliphatic rings. The number of aliphatic hydroxyl groups is 1. The fraction of sp³-hybridized carbons (Fsp3) is 0.474. The van der Waals surface area contributed by atoms with Gasteiger partial charge in [0.05, 0.1) is 12.7 Å². The van der Waals surface area contributed by atoms with E-state index in [-0.39, 0.29) is 12.2 Å². The number of rotatable bonds is 3. The average molecular weight is 375 g/mol. The first-order valence-electron chi connectivity index (χ1n) is 9.06. The van der Waals surface area contributed by atoms with Gasteiger partial charge >= 0.3 is 0 Å². The molecule has 0 radical (unpaired) electrons. The van der Waals surface area contributed by atoms with E-state index in [0.29, 0.717) is 6.61 Å². The first-order chi connectivity index (χ1) is 12.7. The Kier molecular flexibility index (Phi) is 5.24. The third kappa shape index (κ3) is 3.92. The van der Waals surface area contributed by atoms with Crippen LogP contribution in [0.3, 0.4) is 0 Å². The van der Waals surface area contributed by atoms with Crippen LogP contribution < -0.4 is 9.80 Å². The van der Waals surface area contributed by atoms with Gasteiger partial charge in [0.15, 0.2) is 0 Å². The Morgan fingerprint density at radius 2 is 1.69 bits per heavy atom. The second-order valence-corrected chi connectivity index (χ2v) is 7.25. The molecule has 1 atom stereocenters. The van der Waals surface area contributed by atoms with Crippen LogP contribution in [0.1, 0.15) is 24.5 Å². The molecular formula is C19H23ClN4O2. The summed E-state index contributed by atoms with van der Waals surface area (Å²) in [6, 6.07) is 9.86. The third-order valence-corrected chi connectivity index (χ3v) is 5.31. The summed E-state index contributed by atoms with van der Waals surface area (Å²) in [7, 11) is 0. The van der Waals surface area contributed by atoms with Crippen molar-refractivity contribution in [2.75, 3.05) is 42.6 Å². The molecule has 2 saturated heterocycles. The van der Waals surface area contributed by atoms with Crippen molar-refractivity contribution in [3.63, 3.8) is 0 Å². The largest absolute Gasteiger partial charge is 0.393 e. The van der Waals surface area contributed by atoms with Crippen molar-refractivity contribution in [3.8, 4) is 0 Å². The van der Waals surface area contributed by atoms with Gasteiger partial charge in [-0.2, -0.15) is 0 Å². The molecule has 1 aromatic heterocycles. The Morgan fingerprint density at radius 1 is 1.00 bits per heavy atom. The van der Waals surface area contributed by atoms with Gasteiger partial charge in [0, 0.05) is 37.3 Å². The number of aliphatic hydroxyl groups excluding tert-OH is 1. The molecule has 0 amide bonds. The molecule has 0 spiro atoms. The normalized spacial score (nSPS) is 21.8. The first-order valence-corrected chi connectivity index (χ1v) is 9.44. The van der Waals surface area contributed by atoms with E-state index in [0.717, 1.165) is 61.2 Å². The topological polar surface area (TPSA) is 61.7 Å². The van der Waals surface area contributed by atoms with E-state index in [9.17, 15) is 5.11 Å². The van der Waals surface area contributed by atoms with Crippen molar-refractivity contribution >= 4 is 23.2 Å². The van der Waals surface area contributed by atoms with Crippen LogP contribution in [0.2, 0.25) is 5.02 Å². The zero-order valence-corrected chi connectivity index (χ0v) is 15.3. The van der Waals surface area contributed by atoms with E-state index >= 15 is 0 Å². The molecule has 1 aromatic carbocycles. The SMILES string of the molecule is OC1CCN(c2cc(N3CCO[C@H](c4ccc(Cl)cc4)C3)ncn2)CC1. The number of benzene rings is 1. The molecule has 0 saturated carbocycles. The minimum atomic E-state index is -0.188. The summed E-state index contributed by atoms with van der Waals surface area (Å²) in [5.41, 5.74) is 1.12. The van der Waals surface area contributed by atoms with E-state index in [4.69, 9.17) is 16.3 Å². The summed E-state index contributed by atoms with van der Waals surface area (Å²) in [4.78, 5) is 13.4. The van der Waals surface area contributed by atoms with Crippen LogP contribution in [-0.4, -0.2) is 54.0 Å². The molecule has 2 aliphatic heterocycles. The number of piperidine rings is 1. The Balaban J connectivity index is 1.48.